The number of anilines is 1. The van der Waals surface area contributed by atoms with Crippen molar-refractivity contribution >= 4 is 28.3 Å². The number of carbonyl (C=O) groups is 2. The largest absolute Gasteiger partial charge is 0.327 e. The van der Waals surface area contributed by atoms with Gasteiger partial charge in [-0.1, -0.05) is 30.3 Å². The predicted molar refractivity (Wildman–Crippen MR) is 119 cm³/mol. The number of likely N-dealkylation sites (tertiary alicyclic amines) is 1. The fraction of sp³-hybridized carbons (Fsp3) is 0.292. The fourth-order valence-corrected chi connectivity index (χ4v) is 5.14. The van der Waals surface area contributed by atoms with E-state index in [2.05, 4.69) is 28.5 Å². The number of thiazole rings is 1. The van der Waals surface area contributed by atoms with Gasteiger partial charge in [-0.05, 0) is 61.4 Å². The van der Waals surface area contributed by atoms with E-state index >= 15 is 0 Å². The molecule has 2 heterocycles. The van der Waals surface area contributed by atoms with Crippen LogP contribution in [-0.2, 0) is 17.6 Å². The van der Waals surface area contributed by atoms with Crippen LogP contribution in [0, 0.1) is 0 Å². The SMILES string of the molecule is O=C(Nc1nc(-c2ccc3c(c2)CCC3)cs1)[C@@H]1CCCN1C(=O)c1ccccc1. The summed E-state index contributed by atoms with van der Waals surface area (Å²) in [5.74, 6) is -0.252. The van der Waals surface area contributed by atoms with Crippen LogP contribution in [0.1, 0.15) is 40.7 Å². The number of hydrogen-bond donors (Lipinski definition) is 1. The molecule has 1 aliphatic heterocycles. The maximum absolute atomic E-state index is 12.9. The second kappa shape index (κ2) is 8.03. The third-order valence-electron chi connectivity index (χ3n) is 5.97. The summed E-state index contributed by atoms with van der Waals surface area (Å²) in [5, 5.41) is 5.50. The van der Waals surface area contributed by atoms with Crippen LogP contribution in [0.3, 0.4) is 0 Å². The van der Waals surface area contributed by atoms with Crippen molar-refractivity contribution in [3.8, 4) is 11.3 Å². The van der Waals surface area contributed by atoms with Gasteiger partial charge < -0.3 is 10.2 Å². The van der Waals surface area contributed by atoms with Gasteiger partial charge in [-0.25, -0.2) is 4.98 Å². The number of nitrogens with zero attached hydrogens (tertiary/aromatic N) is 2. The van der Waals surface area contributed by atoms with E-state index in [1.165, 1.54) is 28.9 Å². The minimum Gasteiger partial charge on any atom is -0.327 e. The van der Waals surface area contributed by atoms with Crippen LogP contribution in [0.5, 0.6) is 0 Å². The van der Waals surface area contributed by atoms with Gasteiger partial charge in [0.25, 0.3) is 5.91 Å². The quantitative estimate of drug-likeness (QED) is 0.678. The Morgan fingerprint density at radius 2 is 1.87 bits per heavy atom. The molecule has 1 saturated heterocycles. The van der Waals surface area contributed by atoms with Gasteiger partial charge in [-0.2, -0.15) is 0 Å². The molecule has 0 unspecified atom stereocenters. The molecule has 2 amide bonds. The molecular formula is C24H23N3O2S. The lowest BCUT2D eigenvalue weighted by Gasteiger charge is -2.23. The van der Waals surface area contributed by atoms with Crippen LogP contribution >= 0.6 is 11.3 Å². The lowest BCUT2D eigenvalue weighted by atomic mass is 10.1. The topological polar surface area (TPSA) is 62.3 Å². The average Bonchev–Trinajstić information content (AvgIpc) is 3.53. The van der Waals surface area contributed by atoms with Crippen LogP contribution in [0.4, 0.5) is 5.13 Å². The summed E-state index contributed by atoms with van der Waals surface area (Å²) < 4.78 is 0. The zero-order valence-electron chi connectivity index (χ0n) is 16.6. The van der Waals surface area contributed by atoms with Gasteiger partial charge >= 0.3 is 0 Å². The smallest absolute Gasteiger partial charge is 0.254 e. The molecule has 5 rings (SSSR count). The van der Waals surface area contributed by atoms with Crippen molar-refractivity contribution in [2.24, 2.45) is 0 Å². The van der Waals surface area contributed by atoms with E-state index in [1.807, 2.05) is 23.6 Å². The van der Waals surface area contributed by atoms with E-state index in [-0.39, 0.29) is 11.8 Å². The molecule has 1 N–H and O–H groups in total. The van der Waals surface area contributed by atoms with Crippen LogP contribution in [-0.4, -0.2) is 34.3 Å². The summed E-state index contributed by atoms with van der Waals surface area (Å²) in [7, 11) is 0. The summed E-state index contributed by atoms with van der Waals surface area (Å²) >= 11 is 1.42. The monoisotopic (exact) mass is 417 g/mol. The third-order valence-corrected chi connectivity index (χ3v) is 6.72. The Balaban J connectivity index is 1.29. The number of hydrogen-bond acceptors (Lipinski definition) is 4. The van der Waals surface area contributed by atoms with Gasteiger partial charge in [0.1, 0.15) is 6.04 Å². The predicted octanol–water partition coefficient (Wildman–Crippen LogP) is 4.54. The summed E-state index contributed by atoms with van der Waals surface area (Å²) in [6, 6.07) is 15.2. The van der Waals surface area contributed by atoms with Crippen LogP contribution in [0.15, 0.2) is 53.9 Å². The summed E-state index contributed by atoms with van der Waals surface area (Å²) in [6.45, 7) is 0.601. The summed E-state index contributed by atoms with van der Waals surface area (Å²) in [5.41, 5.74) is 5.44. The highest BCUT2D eigenvalue weighted by Gasteiger charge is 2.34. The Hall–Kier alpha value is -2.99. The molecule has 0 radical (unpaired) electrons. The summed E-state index contributed by atoms with van der Waals surface area (Å²) in [6.07, 6.45) is 5.01. The number of aromatic nitrogens is 1. The zero-order chi connectivity index (χ0) is 20.5. The molecule has 5 nitrogen and oxygen atoms in total. The zero-order valence-corrected chi connectivity index (χ0v) is 17.5. The first kappa shape index (κ1) is 19.0. The van der Waals surface area contributed by atoms with Crippen molar-refractivity contribution in [2.45, 2.75) is 38.1 Å². The van der Waals surface area contributed by atoms with Gasteiger partial charge in [0, 0.05) is 23.1 Å². The average molecular weight is 418 g/mol. The molecular weight excluding hydrogens is 394 g/mol. The van der Waals surface area contributed by atoms with Gasteiger partial charge in [0.05, 0.1) is 5.69 Å². The Labute approximate surface area is 179 Å². The lowest BCUT2D eigenvalue weighted by molar-refractivity contribution is -0.119. The molecule has 152 valence electrons. The first-order valence-corrected chi connectivity index (χ1v) is 11.3. The molecule has 30 heavy (non-hydrogen) atoms. The number of benzene rings is 2. The number of rotatable bonds is 4. The number of fused-ring (bicyclic) bond motifs is 1. The van der Waals surface area contributed by atoms with Gasteiger partial charge in [0.15, 0.2) is 5.13 Å². The summed E-state index contributed by atoms with van der Waals surface area (Å²) in [4.78, 5) is 32.1. The second-order valence-electron chi connectivity index (χ2n) is 7.89. The van der Waals surface area contributed by atoms with Crippen LogP contribution in [0.25, 0.3) is 11.3 Å². The van der Waals surface area contributed by atoms with Gasteiger partial charge in [0.2, 0.25) is 5.91 Å². The molecule has 1 aromatic heterocycles. The van der Waals surface area contributed by atoms with Crippen LogP contribution < -0.4 is 5.32 Å². The number of amides is 2. The molecule has 0 spiro atoms. The van der Waals surface area contributed by atoms with E-state index in [9.17, 15) is 9.59 Å². The van der Waals surface area contributed by atoms with Crippen LogP contribution in [0.2, 0.25) is 0 Å². The highest BCUT2D eigenvalue weighted by Crippen LogP contribution is 2.30. The molecule has 2 aliphatic rings. The molecule has 2 aromatic carbocycles. The Morgan fingerprint density at radius 1 is 1.03 bits per heavy atom. The first-order chi connectivity index (χ1) is 14.7. The Morgan fingerprint density at radius 3 is 2.73 bits per heavy atom. The lowest BCUT2D eigenvalue weighted by Crippen LogP contribution is -2.43. The van der Waals surface area contributed by atoms with E-state index in [4.69, 9.17) is 0 Å². The van der Waals surface area contributed by atoms with Gasteiger partial charge in [-0.3, -0.25) is 9.59 Å². The minimum absolute atomic E-state index is 0.0915. The Bertz CT molecular complexity index is 1090. The fourth-order valence-electron chi connectivity index (χ4n) is 4.41. The van der Waals surface area contributed by atoms with Crippen molar-refractivity contribution in [3.05, 3.63) is 70.6 Å². The maximum Gasteiger partial charge on any atom is 0.254 e. The van der Waals surface area contributed by atoms with E-state index in [0.717, 1.165) is 30.5 Å². The molecule has 6 heteroatoms. The minimum atomic E-state index is -0.454. The molecule has 3 aromatic rings. The molecule has 1 aliphatic carbocycles. The van der Waals surface area contributed by atoms with E-state index in [0.29, 0.717) is 23.7 Å². The highest BCUT2D eigenvalue weighted by atomic mass is 32.1. The number of nitrogens with one attached hydrogen (secondary N) is 1. The van der Waals surface area contributed by atoms with E-state index < -0.39 is 6.04 Å². The number of aryl methyl sites for hydroxylation is 2. The molecule has 0 bridgehead atoms. The first-order valence-electron chi connectivity index (χ1n) is 10.4. The molecule has 1 atom stereocenters. The highest BCUT2D eigenvalue weighted by molar-refractivity contribution is 7.14. The molecule has 0 saturated carbocycles. The normalized spacial score (nSPS) is 17.7. The standard InChI is InChI=1S/C24H23N3O2S/c28-22(21-10-5-13-27(21)23(29)17-6-2-1-3-7-17)26-24-25-20(15-30-24)19-12-11-16-8-4-9-18(16)14-19/h1-3,6-7,11-12,14-15,21H,4-5,8-10,13H2,(H,25,26,28)/t21-/m0/s1. The van der Waals surface area contributed by atoms with Crippen molar-refractivity contribution in [3.63, 3.8) is 0 Å². The van der Waals surface area contributed by atoms with Crippen molar-refractivity contribution in [2.75, 3.05) is 11.9 Å². The third kappa shape index (κ3) is 3.63. The molecule has 1 fully saturated rings. The maximum atomic E-state index is 12.9. The Kier molecular flexibility index (Phi) is 5.09. The van der Waals surface area contributed by atoms with Crippen molar-refractivity contribution < 1.29 is 9.59 Å². The van der Waals surface area contributed by atoms with Crippen molar-refractivity contribution in [1.82, 2.24) is 9.88 Å². The number of carbonyl (C=O) groups excluding carboxylic acids is 2. The van der Waals surface area contributed by atoms with Crippen molar-refractivity contribution in [1.29, 1.82) is 0 Å². The van der Waals surface area contributed by atoms with E-state index in [1.54, 1.807) is 17.0 Å². The second-order valence-corrected chi connectivity index (χ2v) is 8.74. The van der Waals surface area contributed by atoms with Gasteiger partial charge in [-0.15, -0.1) is 11.3 Å².